The van der Waals surface area contributed by atoms with Gasteiger partial charge in [0.05, 0.1) is 6.54 Å². The van der Waals surface area contributed by atoms with E-state index in [0.717, 1.165) is 0 Å². The zero-order valence-electron chi connectivity index (χ0n) is 11.0. The van der Waals surface area contributed by atoms with Crippen molar-refractivity contribution in [1.29, 1.82) is 0 Å². The van der Waals surface area contributed by atoms with Crippen LogP contribution < -0.4 is 11.1 Å². The van der Waals surface area contributed by atoms with Gasteiger partial charge in [-0.05, 0) is 33.6 Å². The van der Waals surface area contributed by atoms with Gasteiger partial charge in [-0.3, -0.25) is 9.59 Å². The first-order valence-electron chi connectivity index (χ1n) is 6.12. The Bertz CT molecular complexity index is 289. The lowest BCUT2D eigenvalue weighted by Gasteiger charge is -2.31. The molecular weight excluding hydrogens is 218 g/mol. The number of piperidine rings is 1. The van der Waals surface area contributed by atoms with Crippen molar-refractivity contribution in [1.82, 2.24) is 10.2 Å². The molecule has 0 spiro atoms. The van der Waals surface area contributed by atoms with Crippen LogP contribution in [0.4, 0.5) is 0 Å². The van der Waals surface area contributed by atoms with Gasteiger partial charge in [0.2, 0.25) is 11.8 Å². The van der Waals surface area contributed by atoms with Crippen molar-refractivity contribution in [3.8, 4) is 0 Å². The largest absolute Gasteiger partial charge is 0.369 e. The minimum Gasteiger partial charge on any atom is -0.369 e. The quantitative estimate of drug-likeness (QED) is 0.735. The van der Waals surface area contributed by atoms with Crippen molar-refractivity contribution in [3.05, 3.63) is 0 Å². The highest BCUT2D eigenvalue weighted by Gasteiger charge is 2.26. The Balaban J connectivity index is 2.33. The van der Waals surface area contributed by atoms with E-state index >= 15 is 0 Å². The minimum atomic E-state index is -0.245. The van der Waals surface area contributed by atoms with E-state index in [1.54, 1.807) is 4.90 Å². The number of nitrogens with zero attached hydrogens (tertiary/aromatic N) is 1. The number of primary amides is 1. The number of carbonyl (C=O) groups is 2. The molecule has 0 unspecified atom stereocenters. The van der Waals surface area contributed by atoms with Gasteiger partial charge in [-0.1, -0.05) is 0 Å². The number of hydrogen-bond donors (Lipinski definition) is 2. The van der Waals surface area contributed by atoms with Gasteiger partial charge in [0.25, 0.3) is 0 Å². The maximum atomic E-state index is 11.9. The Labute approximate surface area is 103 Å². The third kappa shape index (κ3) is 4.73. The molecule has 0 aliphatic carbocycles. The summed E-state index contributed by atoms with van der Waals surface area (Å²) in [7, 11) is 0. The molecule has 0 saturated carbocycles. The highest BCUT2D eigenvalue weighted by atomic mass is 16.2. The molecule has 1 fully saturated rings. The van der Waals surface area contributed by atoms with Gasteiger partial charge < -0.3 is 16.0 Å². The summed E-state index contributed by atoms with van der Waals surface area (Å²) in [5.41, 5.74) is 5.20. The van der Waals surface area contributed by atoms with Crippen molar-refractivity contribution in [3.63, 3.8) is 0 Å². The first kappa shape index (κ1) is 14.0. The summed E-state index contributed by atoms with van der Waals surface area (Å²) in [6, 6.07) is 0. The third-order valence-corrected chi connectivity index (χ3v) is 3.02. The molecule has 0 aromatic carbocycles. The predicted molar refractivity (Wildman–Crippen MR) is 66.3 cm³/mol. The van der Waals surface area contributed by atoms with E-state index in [-0.39, 0.29) is 23.3 Å². The molecule has 5 heteroatoms. The molecule has 0 aromatic rings. The fourth-order valence-electron chi connectivity index (χ4n) is 1.87. The molecule has 1 rings (SSSR count). The molecule has 5 nitrogen and oxygen atoms in total. The summed E-state index contributed by atoms with van der Waals surface area (Å²) < 4.78 is 0. The smallest absolute Gasteiger partial charge is 0.236 e. The second kappa shape index (κ2) is 5.49. The van der Waals surface area contributed by atoms with Crippen LogP contribution in [0.25, 0.3) is 0 Å². The zero-order chi connectivity index (χ0) is 13.1. The lowest BCUT2D eigenvalue weighted by atomic mass is 9.96. The van der Waals surface area contributed by atoms with Crippen molar-refractivity contribution in [2.45, 2.75) is 39.2 Å². The Kier molecular flexibility index (Phi) is 4.51. The number of rotatable bonds is 3. The van der Waals surface area contributed by atoms with Crippen molar-refractivity contribution in [2.75, 3.05) is 19.6 Å². The normalized spacial score (nSPS) is 18.2. The van der Waals surface area contributed by atoms with E-state index in [1.807, 2.05) is 20.8 Å². The second-order valence-electron chi connectivity index (χ2n) is 5.66. The first-order valence-corrected chi connectivity index (χ1v) is 6.12. The summed E-state index contributed by atoms with van der Waals surface area (Å²) >= 11 is 0. The highest BCUT2D eigenvalue weighted by molar-refractivity contribution is 5.80. The number of likely N-dealkylation sites (tertiary alicyclic amines) is 1. The maximum absolute atomic E-state index is 11.9. The van der Waals surface area contributed by atoms with Crippen LogP contribution >= 0.6 is 0 Å². The third-order valence-electron chi connectivity index (χ3n) is 3.02. The lowest BCUT2D eigenvalue weighted by molar-refractivity contribution is -0.134. The van der Waals surface area contributed by atoms with E-state index in [4.69, 9.17) is 5.73 Å². The number of nitrogens with two attached hydrogens (primary N) is 1. The molecule has 1 aliphatic rings. The highest BCUT2D eigenvalue weighted by Crippen LogP contribution is 2.16. The van der Waals surface area contributed by atoms with Crippen molar-refractivity contribution >= 4 is 11.8 Å². The maximum Gasteiger partial charge on any atom is 0.236 e. The van der Waals surface area contributed by atoms with E-state index < -0.39 is 0 Å². The summed E-state index contributed by atoms with van der Waals surface area (Å²) in [6.07, 6.45) is 1.38. The summed E-state index contributed by atoms with van der Waals surface area (Å²) in [4.78, 5) is 24.7. The second-order valence-corrected chi connectivity index (χ2v) is 5.66. The number of amides is 2. The van der Waals surface area contributed by atoms with Gasteiger partial charge in [0.1, 0.15) is 0 Å². The van der Waals surface area contributed by atoms with Gasteiger partial charge in [-0.2, -0.15) is 0 Å². The Morgan fingerprint density at radius 2 is 1.82 bits per heavy atom. The fourth-order valence-corrected chi connectivity index (χ4v) is 1.87. The van der Waals surface area contributed by atoms with E-state index in [1.165, 1.54) is 0 Å². The van der Waals surface area contributed by atoms with E-state index in [0.29, 0.717) is 32.5 Å². The zero-order valence-corrected chi connectivity index (χ0v) is 11.0. The minimum absolute atomic E-state index is 0.0544. The summed E-state index contributed by atoms with van der Waals surface area (Å²) in [6.45, 7) is 7.71. The molecule has 17 heavy (non-hydrogen) atoms. The molecule has 2 amide bonds. The molecule has 0 radical (unpaired) electrons. The van der Waals surface area contributed by atoms with Gasteiger partial charge in [0.15, 0.2) is 0 Å². The lowest BCUT2D eigenvalue weighted by Crippen LogP contribution is -2.48. The molecule has 1 saturated heterocycles. The van der Waals surface area contributed by atoms with Crippen LogP contribution in [0.2, 0.25) is 0 Å². The van der Waals surface area contributed by atoms with Crippen LogP contribution in [0.1, 0.15) is 33.6 Å². The number of carbonyl (C=O) groups excluding carboxylic acids is 2. The van der Waals surface area contributed by atoms with Gasteiger partial charge in [-0.25, -0.2) is 0 Å². The van der Waals surface area contributed by atoms with Crippen LogP contribution in [-0.4, -0.2) is 41.9 Å². The van der Waals surface area contributed by atoms with Gasteiger partial charge in [-0.15, -0.1) is 0 Å². The average Bonchev–Trinajstić information content (AvgIpc) is 2.25. The Hall–Kier alpha value is -1.10. The van der Waals surface area contributed by atoms with E-state index in [9.17, 15) is 9.59 Å². The van der Waals surface area contributed by atoms with Crippen LogP contribution in [0.3, 0.4) is 0 Å². The molecule has 0 bridgehead atoms. The summed E-state index contributed by atoms with van der Waals surface area (Å²) in [5.74, 6) is -0.206. The molecule has 1 heterocycles. The molecule has 98 valence electrons. The van der Waals surface area contributed by atoms with Crippen LogP contribution in [-0.2, 0) is 9.59 Å². The van der Waals surface area contributed by atoms with Gasteiger partial charge in [0, 0.05) is 24.5 Å². The molecule has 0 aromatic heterocycles. The fraction of sp³-hybridized carbons (Fsp3) is 0.833. The standard InChI is InChI=1S/C12H23N3O2/c1-12(2,3)14-8-10(16)15-6-4-9(5-7-15)11(13)17/h9,14H,4-8H2,1-3H3,(H2,13,17). The average molecular weight is 241 g/mol. The SMILES string of the molecule is CC(C)(C)NCC(=O)N1CCC(C(N)=O)CC1. The molecule has 3 N–H and O–H groups in total. The van der Waals surface area contributed by atoms with E-state index in [2.05, 4.69) is 5.32 Å². The molecular formula is C12H23N3O2. The van der Waals surface area contributed by atoms with Crippen LogP contribution in [0.15, 0.2) is 0 Å². The number of nitrogens with one attached hydrogen (secondary N) is 1. The van der Waals surface area contributed by atoms with Crippen LogP contribution in [0.5, 0.6) is 0 Å². The molecule has 1 aliphatic heterocycles. The Morgan fingerprint density at radius 1 is 1.29 bits per heavy atom. The monoisotopic (exact) mass is 241 g/mol. The van der Waals surface area contributed by atoms with Crippen molar-refractivity contribution < 1.29 is 9.59 Å². The Morgan fingerprint density at radius 3 is 2.24 bits per heavy atom. The predicted octanol–water partition coefficient (Wildman–Crippen LogP) is 0.0984. The number of hydrogen-bond acceptors (Lipinski definition) is 3. The van der Waals surface area contributed by atoms with Gasteiger partial charge >= 0.3 is 0 Å². The van der Waals surface area contributed by atoms with Crippen molar-refractivity contribution in [2.24, 2.45) is 11.7 Å². The molecule has 0 atom stereocenters. The first-order chi connectivity index (χ1) is 7.79. The summed E-state index contributed by atoms with van der Waals surface area (Å²) in [5, 5.41) is 3.17. The topological polar surface area (TPSA) is 75.4 Å². The van der Waals surface area contributed by atoms with Crippen LogP contribution in [0, 0.1) is 5.92 Å².